The van der Waals surface area contributed by atoms with Crippen LogP contribution in [0.1, 0.15) is 10.4 Å². The van der Waals surface area contributed by atoms with Crippen LogP contribution < -0.4 is 15.5 Å². The molecule has 3 heterocycles. The van der Waals surface area contributed by atoms with E-state index in [2.05, 4.69) is 31.8 Å². The first kappa shape index (κ1) is 25.5. The smallest absolute Gasteiger partial charge is 0.328 e. The van der Waals surface area contributed by atoms with Crippen LogP contribution in [-0.2, 0) is 9.59 Å². The van der Waals surface area contributed by atoms with E-state index < -0.39 is 11.9 Å². The van der Waals surface area contributed by atoms with Crippen molar-refractivity contribution >= 4 is 29.4 Å². The summed E-state index contributed by atoms with van der Waals surface area (Å²) in [5, 5.41) is 30.9. The monoisotopic (exact) mass is 501 g/mol. The van der Waals surface area contributed by atoms with Crippen molar-refractivity contribution in [2.45, 2.75) is 0 Å². The van der Waals surface area contributed by atoms with E-state index in [-0.39, 0.29) is 5.91 Å². The number of rotatable bonds is 6. The normalized spacial score (nSPS) is 18.1. The zero-order chi connectivity index (χ0) is 26.2. The van der Waals surface area contributed by atoms with Gasteiger partial charge in [0.15, 0.2) is 5.82 Å². The molecule has 190 valence electrons. The quantitative estimate of drug-likeness (QED) is 0.375. The summed E-state index contributed by atoms with van der Waals surface area (Å²) in [5.74, 6) is -0.215. The molecule has 37 heavy (non-hydrogen) atoms. The molecule has 1 aromatic heterocycles. The van der Waals surface area contributed by atoms with E-state index in [4.69, 9.17) is 10.2 Å². The molecule has 0 bridgehead atoms. The molecular formula is C27H27N5O5. The number of amides is 1. The maximum Gasteiger partial charge on any atom is 0.328 e. The molecule has 2 fully saturated rings. The Hall–Kier alpha value is -4.57. The average molecular weight is 502 g/mol. The predicted octanol–water partition coefficient (Wildman–Crippen LogP) is 2.76. The van der Waals surface area contributed by atoms with Gasteiger partial charge in [0, 0.05) is 55.1 Å². The van der Waals surface area contributed by atoms with Crippen molar-refractivity contribution < 1.29 is 24.6 Å². The summed E-state index contributed by atoms with van der Waals surface area (Å²) in [6, 6.07) is 21.0. The van der Waals surface area contributed by atoms with E-state index in [0.717, 1.165) is 60.8 Å². The van der Waals surface area contributed by atoms with Crippen molar-refractivity contribution in [2.24, 2.45) is 11.8 Å². The van der Waals surface area contributed by atoms with Crippen LogP contribution in [0.15, 0.2) is 78.9 Å². The molecule has 2 aliphatic rings. The molecule has 2 unspecified atom stereocenters. The van der Waals surface area contributed by atoms with Crippen molar-refractivity contribution in [3.8, 4) is 11.3 Å². The zero-order valence-electron chi connectivity index (χ0n) is 19.9. The SMILES string of the molecule is O=C(Nc1ccc(-c2ccc(N3CC4CNCC4C3)nn2)cc1)c1ccccc1.O=C(O)/C=C/C(=O)O. The second-order valence-corrected chi connectivity index (χ2v) is 8.77. The van der Waals surface area contributed by atoms with Gasteiger partial charge in [-0.1, -0.05) is 30.3 Å². The first-order valence-electron chi connectivity index (χ1n) is 11.8. The number of hydrogen-bond acceptors (Lipinski definition) is 7. The highest BCUT2D eigenvalue weighted by Crippen LogP contribution is 2.30. The lowest BCUT2D eigenvalue weighted by molar-refractivity contribution is -0.134. The Morgan fingerprint density at radius 2 is 1.46 bits per heavy atom. The van der Waals surface area contributed by atoms with E-state index in [9.17, 15) is 14.4 Å². The molecule has 4 N–H and O–H groups in total. The number of benzene rings is 2. The van der Waals surface area contributed by atoms with Gasteiger partial charge in [0.2, 0.25) is 0 Å². The van der Waals surface area contributed by atoms with Gasteiger partial charge in [-0.3, -0.25) is 4.79 Å². The van der Waals surface area contributed by atoms with E-state index in [1.165, 1.54) is 0 Å². The number of nitrogens with one attached hydrogen (secondary N) is 2. The van der Waals surface area contributed by atoms with Crippen molar-refractivity contribution in [3.05, 3.63) is 84.4 Å². The van der Waals surface area contributed by atoms with Crippen LogP contribution in [0.2, 0.25) is 0 Å². The Labute approximate surface area is 213 Å². The number of hydrogen-bond donors (Lipinski definition) is 4. The van der Waals surface area contributed by atoms with E-state index in [1.807, 2.05) is 48.5 Å². The van der Waals surface area contributed by atoms with Crippen LogP contribution in [0.4, 0.5) is 11.5 Å². The summed E-state index contributed by atoms with van der Waals surface area (Å²) in [5.41, 5.74) is 3.20. The molecule has 2 aliphatic heterocycles. The average Bonchev–Trinajstić information content (AvgIpc) is 3.52. The molecule has 0 radical (unpaired) electrons. The molecule has 0 aliphatic carbocycles. The number of carbonyl (C=O) groups excluding carboxylic acids is 1. The number of carboxylic acid groups (broad SMARTS) is 2. The number of carbonyl (C=O) groups is 3. The Morgan fingerprint density at radius 3 is 2.00 bits per heavy atom. The number of aromatic nitrogens is 2. The third kappa shape index (κ3) is 6.98. The first-order valence-corrected chi connectivity index (χ1v) is 11.8. The van der Waals surface area contributed by atoms with E-state index in [0.29, 0.717) is 17.7 Å². The summed E-state index contributed by atoms with van der Waals surface area (Å²) >= 11 is 0. The minimum absolute atomic E-state index is 0.118. The summed E-state index contributed by atoms with van der Waals surface area (Å²) < 4.78 is 0. The van der Waals surface area contributed by atoms with Crippen molar-refractivity contribution in [1.82, 2.24) is 15.5 Å². The van der Waals surface area contributed by atoms with Crippen LogP contribution in [0, 0.1) is 11.8 Å². The van der Waals surface area contributed by atoms with Gasteiger partial charge < -0.3 is 25.7 Å². The highest BCUT2D eigenvalue weighted by molar-refractivity contribution is 6.04. The summed E-state index contributed by atoms with van der Waals surface area (Å²) in [4.78, 5) is 33.7. The standard InChI is InChI=1S/C23H23N5O.C4H4O4/c29-23(17-4-2-1-3-5-17)25-20-8-6-16(7-9-20)21-10-11-22(27-26-21)28-14-18-12-24-13-19(18)15-28;5-3(6)1-2-4(7)8/h1-11,18-19,24H,12-15H2,(H,25,29);1-2H,(H,5,6)(H,7,8)/b;2-1+. The lowest BCUT2D eigenvalue weighted by atomic mass is 10.0. The van der Waals surface area contributed by atoms with Gasteiger partial charge in [0.1, 0.15) is 0 Å². The predicted molar refractivity (Wildman–Crippen MR) is 138 cm³/mol. The Balaban J connectivity index is 0.000000349. The molecule has 1 amide bonds. The molecule has 0 saturated carbocycles. The highest BCUT2D eigenvalue weighted by Gasteiger charge is 2.36. The molecule has 2 saturated heterocycles. The Bertz CT molecular complexity index is 1230. The van der Waals surface area contributed by atoms with Gasteiger partial charge >= 0.3 is 11.9 Å². The summed E-state index contributed by atoms with van der Waals surface area (Å²) in [7, 11) is 0. The minimum atomic E-state index is -1.26. The Morgan fingerprint density at radius 1 is 0.838 bits per heavy atom. The first-order chi connectivity index (χ1) is 17.9. The van der Waals surface area contributed by atoms with Crippen LogP contribution in [0.3, 0.4) is 0 Å². The largest absolute Gasteiger partial charge is 0.478 e. The number of anilines is 2. The summed E-state index contributed by atoms with van der Waals surface area (Å²) in [6.07, 6.45) is 1.12. The number of carboxylic acids is 2. The molecular weight excluding hydrogens is 474 g/mol. The maximum atomic E-state index is 12.3. The fourth-order valence-corrected chi connectivity index (χ4v) is 4.35. The van der Waals surface area contributed by atoms with Crippen LogP contribution in [0.25, 0.3) is 11.3 Å². The molecule has 2 aromatic carbocycles. The number of nitrogens with zero attached hydrogens (tertiary/aromatic N) is 3. The number of fused-ring (bicyclic) bond motifs is 1. The van der Waals surface area contributed by atoms with Gasteiger partial charge in [0.05, 0.1) is 5.69 Å². The van der Waals surface area contributed by atoms with E-state index >= 15 is 0 Å². The lowest BCUT2D eigenvalue weighted by Gasteiger charge is -2.17. The second-order valence-electron chi connectivity index (χ2n) is 8.77. The maximum absolute atomic E-state index is 12.3. The topological polar surface area (TPSA) is 145 Å². The van der Waals surface area contributed by atoms with E-state index in [1.54, 1.807) is 12.1 Å². The second kappa shape index (κ2) is 11.9. The Kier molecular flexibility index (Phi) is 8.22. The van der Waals surface area contributed by atoms with Crippen molar-refractivity contribution in [1.29, 1.82) is 0 Å². The molecule has 2 atom stereocenters. The molecule has 3 aromatic rings. The third-order valence-corrected chi connectivity index (χ3v) is 6.21. The van der Waals surface area contributed by atoms with Crippen LogP contribution >= 0.6 is 0 Å². The molecule has 10 nitrogen and oxygen atoms in total. The van der Waals surface area contributed by atoms with Crippen molar-refractivity contribution in [3.63, 3.8) is 0 Å². The zero-order valence-corrected chi connectivity index (χ0v) is 19.9. The lowest BCUT2D eigenvalue weighted by Crippen LogP contribution is -2.26. The highest BCUT2D eigenvalue weighted by atomic mass is 16.4. The third-order valence-electron chi connectivity index (χ3n) is 6.21. The van der Waals surface area contributed by atoms with Gasteiger partial charge in [0.25, 0.3) is 5.91 Å². The molecule has 5 rings (SSSR count). The fourth-order valence-electron chi connectivity index (χ4n) is 4.35. The van der Waals surface area contributed by atoms with Gasteiger partial charge in [-0.25, -0.2) is 9.59 Å². The van der Waals surface area contributed by atoms with Gasteiger partial charge in [-0.2, -0.15) is 0 Å². The summed E-state index contributed by atoms with van der Waals surface area (Å²) in [6.45, 7) is 4.34. The van der Waals surface area contributed by atoms with Crippen LogP contribution in [-0.4, -0.2) is 64.4 Å². The van der Waals surface area contributed by atoms with Gasteiger partial charge in [-0.05, 0) is 48.2 Å². The molecule has 0 spiro atoms. The fraction of sp³-hybridized carbons (Fsp3) is 0.222. The minimum Gasteiger partial charge on any atom is -0.478 e. The number of aliphatic carboxylic acids is 2. The van der Waals surface area contributed by atoms with Crippen LogP contribution in [0.5, 0.6) is 0 Å². The van der Waals surface area contributed by atoms with Gasteiger partial charge in [-0.15, -0.1) is 10.2 Å². The molecule has 10 heteroatoms. The van der Waals surface area contributed by atoms with Crippen molar-refractivity contribution in [2.75, 3.05) is 36.4 Å².